The molecule has 29 heavy (non-hydrogen) atoms. The van der Waals surface area contributed by atoms with Crippen LogP contribution in [0.3, 0.4) is 0 Å². The first kappa shape index (κ1) is 28.2. The van der Waals surface area contributed by atoms with Crippen molar-refractivity contribution in [1.82, 2.24) is 4.90 Å². The zero-order valence-corrected chi connectivity index (χ0v) is 19.9. The fourth-order valence-corrected chi connectivity index (χ4v) is 3.90. The summed E-state index contributed by atoms with van der Waals surface area (Å²) in [5.41, 5.74) is 0.351. The monoisotopic (exact) mass is 409 g/mol. The van der Waals surface area contributed by atoms with E-state index in [1.54, 1.807) is 0 Å². The zero-order valence-electron chi connectivity index (χ0n) is 19.9. The van der Waals surface area contributed by atoms with Crippen LogP contribution in [-0.4, -0.2) is 35.6 Å². The van der Waals surface area contributed by atoms with Gasteiger partial charge in [0, 0.05) is 5.57 Å². The summed E-state index contributed by atoms with van der Waals surface area (Å²) < 4.78 is 0. The second-order valence-electron chi connectivity index (χ2n) is 8.80. The third-order valence-corrected chi connectivity index (χ3v) is 5.91. The van der Waals surface area contributed by atoms with E-state index in [4.69, 9.17) is 5.11 Å². The molecule has 0 atom stereocenters. The molecule has 0 heterocycles. The molecule has 0 saturated carbocycles. The molecule has 0 aliphatic carbocycles. The maximum Gasteiger partial charge on any atom is 0.330 e. The van der Waals surface area contributed by atoms with Crippen LogP contribution in [0, 0.1) is 0 Å². The number of nitrogens with zero attached hydrogens (tertiary/aromatic N) is 1. The molecule has 0 saturated heterocycles. The summed E-state index contributed by atoms with van der Waals surface area (Å²) in [5, 5.41) is 8.99. The van der Waals surface area contributed by atoms with Crippen LogP contribution in [0.2, 0.25) is 0 Å². The number of rotatable bonds is 23. The van der Waals surface area contributed by atoms with Gasteiger partial charge in [0.05, 0.1) is 0 Å². The fraction of sp³-hybridized carbons (Fsp3) is 0.885. The highest BCUT2D eigenvalue weighted by Crippen LogP contribution is 2.12. The van der Waals surface area contributed by atoms with E-state index in [1.165, 1.54) is 116 Å². The van der Waals surface area contributed by atoms with Crippen molar-refractivity contribution in [2.75, 3.05) is 19.6 Å². The molecule has 0 aromatic carbocycles. The third-order valence-electron chi connectivity index (χ3n) is 5.91. The van der Waals surface area contributed by atoms with Gasteiger partial charge < -0.3 is 10.0 Å². The van der Waals surface area contributed by atoms with E-state index >= 15 is 0 Å². The Labute approximate surface area is 182 Å². The van der Waals surface area contributed by atoms with Crippen LogP contribution in [0.4, 0.5) is 0 Å². The van der Waals surface area contributed by atoms with E-state index < -0.39 is 5.97 Å². The highest BCUT2D eigenvalue weighted by atomic mass is 16.4. The molecule has 0 amide bonds. The van der Waals surface area contributed by atoms with Crippen molar-refractivity contribution in [2.45, 2.75) is 129 Å². The van der Waals surface area contributed by atoms with E-state index in [-0.39, 0.29) is 0 Å². The SMILES string of the molecule is C=C(CCCN(CCCCCCCCCC)CCCCCCCCCC)C(=O)O. The number of carboxylic acid groups (broad SMARTS) is 1. The van der Waals surface area contributed by atoms with Crippen LogP contribution in [0.15, 0.2) is 12.2 Å². The van der Waals surface area contributed by atoms with Crippen LogP contribution in [0.1, 0.15) is 129 Å². The lowest BCUT2D eigenvalue weighted by Crippen LogP contribution is -2.27. The molecule has 172 valence electrons. The quantitative estimate of drug-likeness (QED) is 0.137. The van der Waals surface area contributed by atoms with E-state index in [0.29, 0.717) is 12.0 Å². The smallest absolute Gasteiger partial charge is 0.330 e. The van der Waals surface area contributed by atoms with Gasteiger partial charge in [-0.15, -0.1) is 0 Å². The molecule has 0 aliphatic rings. The summed E-state index contributed by atoms with van der Waals surface area (Å²) in [6.45, 7) is 11.6. The Bertz CT molecular complexity index is 361. The minimum Gasteiger partial charge on any atom is -0.478 e. The predicted octanol–water partition coefficient (Wildman–Crippen LogP) is 7.99. The second-order valence-corrected chi connectivity index (χ2v) is 8.80. The van der Waals surface area contributed by atoms with Gasteiger partial charge in [-0.2, -0.15) is 0 Å². The molecule has 0 bridgehead atoms. The normalized spacial score (nSPS) is 11.3. The maximum absolute atomic E-state index is 10.9. The Hall–Kier alpha value is -0.830. The Kier molecular flexibility index (Phi) is 21.2. The highest BCUT2D eigenvalue weighted by molar-refractivity contribution is 5.85. The van der Waals surface area contributed by atoms with E-state index in [2.05, 4.69) is 25.3 Å². The number of unbranched alkanes of at least 4 members (excludes halogenated alkanes) is 14. The molecule has 0 aliphatic heterocycles. The van der Waals surface area contributed by atoms with Crippen molar-refractivity contribution in [2.24, 2.45) is 0 Å². The second kappa shape index (κ2) is 21.9. The molecule has 3 heteroatoms. The molecule has 0 spiro atoms. The van der Waals surface area contributed by atoms with Crippen LogP contribution in [-0.2, 0) is 4.79 Å². The largest absolute Gasteiger partial charge is 0.478 e. The molecule has 0 radical (unpaired) electrons. The molecular weight excluding hydrogens is 358 g/mol. The topological polar surface area (TPSA) is 40.5 Å². The van der Waals surface area contributed by atoms with E-state index in [1.807, 2.05) is 0 Å². The number of hydrogen-bond donors (Lipinski definition) is 1. The van der Waals surface area contributed by atoms with Crippen molar-refractivity contribution < 1.29 is 9.90 Å². The first-order valence-electron chi connectivity index (χ1n) is 12.7. The van der Waals surface area contributed by atoms with Crippen molar-refractivity contribution in [3.8, 4) is 0 Å². The lowest BCUT2D eigenvalue weighted by molar-refractivity contribution is -0.132. The van der Waals surface area contributed by atoms with Gasteiger partial charge in [-0.1, -0.05) is 110 Å². The number of aliphatic carboxylic acids is 1. The van der Waals surface area contributed by atoms with Gasteiger partial charge in [-0.3, -0.25) is 0 Å². The fourth-order valence-electron chi connectivity index (χ4n) is 3.90. The molecular formula is C26H51NO2. The molecule has 3 nitrogen and oxygen atoms in total. The van der Waals surface area contributed by atoms with Gasteiger partial charge in [0.25, 0.3) is 0 Å². The summed E-state index contributed by atoms with van der Waals surface area (Å²) in [5.74, 6) is -0.845. The Balaban J connectivity index is 3.93. The molecule has 0 rings (SSSR count). The summed E-state index contributed by atoms with van der Waals surface area (Å²) in [6, 6.07) is 0. The molecule has 1 N–H and O–H groups in total. The van der Waals surface area contributed by atoms with Crippen molar-refractivity contribution in [3.63, 3.8) is 0 Å². The number of carboxylic acids is 1. The first-order valence-corrected chi connectivity index (χ1v) is 12.7. The summed E-state index contributed by atoms with van der Waals surface area (Å²) in [4.78, 5) is 13.5. The van der Waals surface area contributed by atoms with Crippen molar-refractivity contribution >= 4 is 5.97 Å². The van der Waals surface area contributed by atoms with Gasteiger partial charge in [0.2, 0.25) is 0 Å². The zero-order chi connectivity index (χ0) is 21.6. The molecule has 0 aromatic heterocycles. The maximum atomic E-state index is 10.9. The summed E-state index contributed by atoms with van der Waals surface area (Å²) in [6.07, 6.45) is 23.3. The van der Waals surface area contributed by atoms with Gasteiger partial charge in [-0.05, 0) is 45.3 Å². The lowest BCUT2D eigenvalue weighted by Gasteiger charge is -2.22. The summed E-state index contributed by atoms with van der Waals surface area (Å²) >= 11 is 0. The predicted molar refractivity (Wildman–Crippen MR) is 128 cm³/mol. The van der Waals surface area contributed by atoms with Gasteiger partial charge in [0.1, 0.15) is 0 Å². The Morgan fingerprint density at radius 1 is 0.621 bits per heavy atom. The average Bonchev–Trinajstić information content (AvgIpc) is 2.71. The van der Waals surface area contributed by atoms with Gasteiger partial charge in [0.15, 0.2) is 0 Å². The highest BCUT2D eigenvalue weighted by Gasteiger charge is 2.08. The molecule has 0 aromatic rings. The minimum atomic E-state index is -0.845. The van der Waals surface area contributed by atoms with E-state index in [0.717, 1.165) is 13.0 Å². The lowest BCUT2D eigenvalue weighted by atomic mass is 10.1. The first-order chi connectivity index (χ1) is 14.1. The van der Waals surface area contributed by atoms with Gasteiger partial charge >= 0.3 is 5.97 Å². The Morgan fingerprint density at radius 3 is 1.34 bits per heavy atom. The minimum absolute atomic E-state index is 0.351. The number of carbonyl (C=O) groups is 1. The average molecular weight is 410 g/mol. The van der Waals surface area contributed by atoms with Crippen LogP contribution >= 0.6 is 0 Å². The van der Waals surface area contributed by atoms with Crippen LogP contribution in [0.5, 0.6) is 0 Å². The van der Waals surface area contributed by atoms with Gasteiger partial charge in [-0.25, -0.2) is 4.79 Å². The molecule has 0 fully saturated rings. The third kappa shape index (κ3) is 20.2. The van der Waals surface area contributed by atoms with Crippen LogP contribution < -0.4 is 0 Å². The van der Waals surface area contributed by atoms with E-state index in [9.17, 15) is 4.79 Å². The summed E-state index contributed by atoms with van der Waals surface area (Å²) in [7, 11) is 0. The standard InChI is InChI=1S/C26H51NO2/c1-4-6-8-10-12-14-16-18-22-27(24-20-21-25(3)26(28)29)23-19-17-15-13-11-9-7-5-2/h3-24H2,1-2H3,(H,28,29). The number of hydrogen-bond acceptors (Lipinski definition) is 2. The van der Waals surface area contributed by atoms with Crippen molar-refractivity contribution in [3.05, 3.63) is 12.2 Å². The Morgan fingerprint density at radius 2 is 0.966 bits per heavy atom. The van der Waals surface area contributed by atoms with Crippen molar-refractivity contribution in [1.29, 1.82) is 0 Å². The van der Waals surface area contributed by atoms with Crippen LogP contribution in [0.25, 0.3) is 0 Å². The molecule has 0 unspecified atom stereocenters.